The van der Waals surface area contributed by atoms with Crippen LogP contribution in [0.3, 0.4) is 0 Å². The second-order valence-electron chi connectivity index (χ2n) is 3.38. The molecule has 2 rings (SSSR count). The van der Waals surface area contributed by atoms with Crippen LogP contribution in [-0.2, 0) is 11.3 Å². The SMILES string of the molecule is NCc1ncc(C2CCOCC2)[nH]1. The molecule has 0 spiro atoms. The standard InChI is InChI=1S/C9H15N3O/c10-5-9-11-6-8(12-9)7-1-3-13-4-2-7/h6-7H,1-5,10H2,(H,11,12). The van der Waals surface area contributed by atoms with Gasteiger partial charge in [-0.15, -0.1) is 0 Å². The van der Waals surface area contributed by atoms with Crippen LogP contribution < -0.4 is 5.73 Å². The Hall–Kier alpha value is -0.870. The molecule has 0 amide bonds. The van der Waals surface area contributed by atoms with Gasteiger partial charge in [0.15, 0.2) is 0 Å². The lowest BCUT2D eigenvalue weighted by Gasteiger charge is -2.20. The molecule has 0 saturated carbocycles. The van der Waals surface area contributed by atoms with Crippen molar-refractivity contribution in [2.24, 2.45) is 5.73 Å². The molecule has 72 valence electrons. The number of nitrogens with zero attached hydrogens (tertiary/aromatic N) is 1. The Labute approximate surface area is 77.5 Å². The van der Waals surface area contributed by atoms with Gasteiger partial charge in [-0.1, -0.05) is 0 Å². The number of ether oxygens (including phenoxy) is 1. The predicted molar refractivity (Wildman–Crippen MR) is 49.3 cm³/mol. The van der Waals surface area contributed by atoms with E-state index in [-0.39, 0.29) is 0 Å². The quantitative estimate of drug-likeness (QED) is 0.708. The lowest BCUT2D eigenvalue weighted by molar-refractivity contribution is 0.0845. The highest BCUT2D eigenvalue weighted by atomic mass is 16.5. The van der Waals surface area contributed by atoms with Crippen LogP contribution in [0.1, 0.15) is 30.3 Å². The van der Waals surface area contributed by atoms with Crippen LogP contribution in [-0.4, -0.2) is 23.2 Å². The molecule has 1 aromatic heterocycles. The van der Waals surface area contributed by atoms with Gasteiger partial charge in [-0.3, -0.25) is 0 Å². The van der Waals surface area contributed by atoms with Gasteiger partial charge in [0.05, 0.1) is 6.54 Å². The first-order valence-corrected chi connectivity index (χ1v) is 4.71. The van der Waals surface area contributed by atoms with E-state index in [0.717, 1.165) is 31.9 Å². The highest BCUT2D eigenvalue weighted by Crippen LogP contribution is 2.24. The molecule has 0 radical (unpaired) electrons. The lowest BCUT2D eigenvalue weighted by Crippen LogP contribution is -2.14. The molecule has 1 saturated heterocycles. The summed E-state index contributed by atoms with van der Waals surface area (Å²) in [6, 6.07) is 0. The van der Waals surface area contributed by atoms with Crippen LogP contribution in [0.5, 0.6) is 0 Å². The number of nitrogens with two attached hydrogens (primary N) is 1. The molecule has 1 fully saturated rings. The Morgan fingerprint density at radius 3 is 2.92 bits per heavy atom. The fraction of sp³-hybridized carbons (Fsp3) is 0.667. The molecule has 1 aliphatic heterocycles. The molecule has 0 unspecified atom stereocenters. The first kappa shape index (κ1) is 8.72. The highest BCUT2D eigenvalue weighted by Gasteiger charge is 2.17. The smallest absolute Gasteiger partial charge is 0.120 e. The molecule has 1 aromatic rings. The van der Waals surface area contributed by atoms with Gasteiger partial charge in [-0.25, -0.2) is 4.98 Å². The fourth-order valence-electron chi connectivity index (χ4n) is 1.70. The van der Waals surface area contributed by atoms with Gasteiger partial charge in [0, 0.05) is 31.0 Å². The third-order valence-electron chi connectivity index (χ3n) is 2.50. The second-order valence-corrected chi connectivity index (χ2v) is 3.38. The van der Waals surface area contributed by atoms with Crippen LogP contribution in [0, 0.1) is 0 Å². The summed E-state index contributed by atoms with van der Waals surface area (Å²) in [7, 11) is 0. The number of hydrogen-bond donors (Lipinski definition) is 2. The summed E-state index contributed by atoms with van der Waals surface area (Å²) >= 11 is 0. The van der Waals surface area contributed by atoms with E-state index in [1.54, 1.807) is 0 Å². The van der Waals surface area contributed by atoms with Gasteiger partial charge in [-0.2, -0.15) is 0 Å². The number of rotatable bonds is 2. The van der Waals surface area contributed by atoms with Crippen LogP contribution >= 0.6 is 0 Å². The Balaban J connectivity index is 2.05. The molecule has 3 N–H and O–H groups in total. The van der Waals surface area contributed by atoms with Gasteiger partial charge in [0.1, 0.15) is 5.82 Å². The van der Waals surface area contributed by atoms with Gasteiger partial charge in [0.2, 0.25) is 0 Å². The Morgan fingerprint density at radius 2 is 2.31 bits per heavy atom. The molecule has 1 aliphatic rings. The minimum Gasteiger partial charge on any atom is -0.381 e. The van der Waals surface area contributed by atoms with Crippen molar-refractivity contribution in [1.29, 1.82) is 0 Å². The topological polar surface area (TPSA) is 63.9 Å². The van der Waals surface area contributed by atoms with E-state index in [4.69, 9.17) is 10.5 Å². The van der Waals surface area contributed by atoms with Crippen molar-refractivity contribution in [3.05, 3.63) is 17.7 Å². The van der Waals surface area contributed by atoms with Crippen molar-refractivity contribution >= 4 is 0 Å². The summed E-state index contributed by atoms with van der Waals surface area (Å²) in [4.78, 5) is 7.43. The van der Waals surface area contributed by atoms with E-state index in [2.05, 4.69) is 9.97 Å². The molecule has 4 nitrogen and oxygen atoms in total. The van der Waals surface area contributed by atoms with Crippen molar-refractivity contribution in [3.8, 4) is 0 Å². The van der Waals surface area contributed by atoms with E-state index >= 15 is 0 Å². The fourth-order valence-corrected chi connectivity index (χ4v) is 1.70. The van der Waals surface area contributed by atoms with Crippen molar-refractivity contribution < 1.29 is 4.74 Å². The summed E-state index contributed by atoms with van der Waals surface area (Å²) < 4.78 is 5.30. The minimum atomic E-state index is 0.489. The van der Waals surface area contributed by atoms with E-state index in [0.29, 0.717) is 12.5 Å². The zero-order valence-corrected chi connectivity index (χ0v) is 7.62. The monoisotopic (exact) mass is 181 g/mol. The molecule has 2 heterocycles. The zero-order valence-electron chi connectivity index (χ0n) is 7.62. The van der Waals surface area contributed by atoms with E-state index in [1.165, 1.54) is 5.69 Å². The first-order valence-electron chi connectivity index (χ1n) is 4.71. The van der Waals surface area contributed by atoms with E-state index in [9.17, 15) is 0 Å². The van der Waals surface area contributed by atoms with Crippen LogP contribution in [0.25, 0.3) is 0 Å². The summed E-state index contributed by atoms with van der Waals surface area (Å²) in [6.45, 7) is 2.21. The molecular formula is C9H15N3O. The minimum absolute atomic E-state index is 0.489. The average molecular weight is 181 g/mol. The number of nitrogens with one attached hydrogen (secondary N) is 1. The van der Waals surface area contributed by atoms with Crippen molar-refractivity contribution in [2.75, 3.05) is 13.2 Å². The highest BCUT2D eigenvalue weighted by molar-refractivity contribution is 5.08. The molecule has 4 heteroatoms. The molecule has 0 aromatic carbocycles. The normalized spacial score (nSPS) is 19.2. The molecule has 0 atom stereocenters. The molecule has 13 heavy (non-hydrogen) atoms. The van der Waals surface area contributed by atoms with Gasteiger partial charge in [-0.05, 0) is 12.8 Å². The summed E-state index contributed by atoms with van der Waals surface area (Å²) in [5.74, 6) is 1.46. The summed E-state index contributed by atoms with van der Waals surface area (Å²) in [6.07, 6.45) is 4.08. The van der Waals surface area contributed by atoms with E-state index < -0.39 is 0 Å². The van der Waals surface area contributed by atoms with Crippen molar-refractivity contribution in [1.82, 2.24) is 9.97 Å². The third kappa shape index (κ3) is 1.89. The molecule has 0 bridgehead atoms. The number of aromatic nitrogens is 2. The van der Waals surface area contributed by atoms with Gasteiger partial charge in [0.25, 0.3) is 0 Å². The zero-order chi connectivity index (χ0) is 9.10. The molecular weight excluding hydrogens is 166 g/mol. The maximum Gasteiger partial charge on any atom is 0.120 e. The van der Waals surface area contributed by atoms with Gasteiger partial charge < -0.3 is 15.5 Å². The maximum absolute atomic E-state index is 5.47. The average Bonchev–Trinajstić information content (AvgIpc) is 2.67. The van der Waals surface area contributed by atoms with Crippen molar-refractivity contribution in [3.63, 3.8) is 0 Å². The van der Waals surface area contributed by atoms with Crippen LogP contribution in [0.2, 0.25) is 0 Å². The third-order valence-corrected chi connectivity index (χ3v) is 2.50. The predicted octanol–water partition coefficient (Wildman–Crippen LogP) is 0.762. The molecule has 0 aliphatic carbocycles. The first-order chi connectivity index (χ1) is 6.40. The number of hydrogen-bond acceptors (Lipinski definition) is 3. The van der Waals surface area contributed by atoms with Gasteiger partial charge >= 0.3 is 0 Å². The second kappa shape index (κ2) is 3.89. The van der Waals surface area contributed by atoms with E-state index in [1.807, 2.05) is 6.20 Å². The Bertz CT molecular complexity index is 266. The Morgan fingerprint density at radius 1 is 1.54 bits per heavy atom. The number of H-pyrrole nitrogens is 1. The Kier molecular flexibility index (Phi) is 2.61. The number of imidazole rings is 1. The summed E-state index contributed by atoms with van der Waals surface area (Å²) in [5, 5.41) is 0. The van der Waals surface area contributed by atoms with Crippen molar-refractivity contribution in [2.45, 2.75) is 25.3 Å². The largest absolute Gasteiger partial charge is 0.381 e. The van der Waals surface area contributed by atoms with Crippen LogP contribution in [0.15, 0.2) is 6.20 Å². The lowest BCUT2D eigenvalue weighted by atomic mass is 9.97. The summed E-state index contributed by atoms with van der Waals surface area (Å²) in [5.41, 5.74) is 6.69. The number of aromatic amines is 1. The van der Waals surface area contributed by atoms with Crippen LogP contribution in [0.4, 0.5) is 0 Å². The maximum atomic E-state index is 5.47.